The molecule has 2 fully saturated rings. The molecule has 2 aromatic rings. The third-order valence-corrected chi connectivity index (χ3v) is 8.01. The Hall–Kier alpha value is -2.38. The van der Waals surface area contributed by atoms with Gasteiger partial charge in [0, 0.05) is 41.6 Å². The highest BCUT2D eigenvalue weighted by Crippen LogP contribution is 2.57. The first-order chi connectivity index (χ1) is 14.5. The van der Waals surface area contributed by atoms with Crippen molar-refractivity contribution in [3.63, 3.8) is 0 Å². The van der Waals surface area contributed by atoms with Gasteiger partial charge in [0.1, 0.15) is 11.2 Å². The van der Waals surface area contributed by atoms with Crippen molar-refractivity contribution in [1.29, 1.82) is 0 Å². The molecule has 1 aliphatic carbocycles. The van der Waals surface area contributed by atoms with E-state index < -0.39 is 5.41 Å². The average Bonchev–Trinajstić information content (AvgIpc) is 3.01. The van der Waals surface area contributed by atoms with E-state index in [1.54, 1.807) is 7.11 Å². The average molecular weight is 410 g/mol. The van der Waals surface area contributed by atoms with Crippen LogP contribution >= 0.6 is 0 Å². The van der Waals surface area contributed by atoms with Gasteiger partial charge in [-0.3, -0.25) is 19.1 Å². The van der Waals surface area contributed by atoms with E-state index in [1.807, 2.05) is 22.8 Å². The summed E-state index contributed by atoms with van der Waals surface area (Å²) in [5, 5.41) is 1.03. The first kappa shape index (κ1) is 18.4. The van der Waals surface area contributed by atoms with Gasteiger partial charge in [0.05, 0.1) is 32.6 Å². The summed E-state index contributed by atoms with van der Waals surface area (Å²) >= 11 is 0. The second-order valence-corrected chi connectivity index (χ2v) is 9.16. The van der Waals surface area contributed by atoms with Crippen LogP contribution in [0.3, 0.4) is 0 Å². The summed E-state index contributed by atoms with van der Waals surface area (Å²) in [5.41, 5.74) is 1.93. The lowest BCUT2D eigenvalue weighted by molar-refractivity contribution is -0.184. The number of nitrogens with zero attached hydrogens (tertiary/aromatic N) is 2. The number of esters is 1. The molecule has 1 saturated carbocycles. The topological polar surface area (TPSA) is 70.0 Å². The summed E-state index contributed by atoms with van der Waals surface area (Å²) in [6.45, 7) is 3.38. The van der Waals surface area contributed by atoms with Crippen molar-refractivity contribution in [2.24, 2.45) is 11.8 Å². The lowest BCUT2D eigenvalue weighted by atomic mass is 9.56. The van der Waals surface area contributed by atoms with Crippen LogP contribution in [0.1, 0.15) is 35.8 Å². The van der Waals surface area contributed by atoms with Gasteiger partial charge < -0.3 is 14.2 Å². The second-order valence-electron chi connectivity index (χ2n) is 9.16. The molecule has 158 valence electrons. The fourth-order valence-electron chi connectivity index (χ4n) is 6.83. The Kier molecular flexibility index (Phi) is 3.73. The highest BCUT2D eigenvalue weighted by atomic mass is 16.5. The number of carbonyl (C=O) groups excluding carboxylic acids is 2. The maximum atomic E-state index is 13.7. The minimum atomic E-state index is -0.855. The molecule has 1 aromatic heterocycles. The normalized spacial score (nSPS) is 34.6. The predicted molar refractivity (Wildman–Crippen MR) is 109 cm³/mol. The van der Waals surface area contributed by atoms with Gasteiger partial charge >= 0.3 is 5.97 Å². The standard InChI is InChI=1S/C23H26N2O5/c1-12-17-8-13-10-23(22(27)29-3)19(17)24(11-30-12)7-6-16-15-5-4-14(28-2)9-18(15)25(20(16)23)21(13)26/h4-5,9,12-13,17,19H,6-8,10-11H2,1-3H3/t12-,13+,17-,19-,23-/m0/s1. The first-order valence-corrected chi connectivity index (χ1v) is 10.7. The molecule has 30 heavy (non-hydrogen) atoms. The van der Waals surface area contributed by atoms with Gasteiger partial charge in [-0.2, -0.15) is 0 Å². The lowest BCUT2D eigenvalue weighted by Gasteiger charge is -2.57. The Labute approximate surface area is 174 Å². The predicted octanol–water partition coefficient (Wildman–Crippen LogP) is 2.34. The van der Waals surface area contributed by atoms with Crippen LogP contribution < -0.4 is 4.74 Å². The van der Waals surface area contributed by atoms with E-state index in [-0.39, 0.29) is 35.9 Å². The minimum absolute atomic E-state index is 0.00320. The number of rotatable bonds is 2. The zero-order valence-corrected chi connectivity index (χ0v) is 17.5. The molecule has 0 amide bonds. The molecule has 4 heterocycles. The molecule has 0 N–H and O–H groups in total. The van der Waals surface area contributed by atoms with Crippen molar-refractivity contribution in [3.8, 4) is 5.75 Å². The van der Waals surface area contributed by atoms with Gasteiger partial charge in [0.2, 0.25) is 5.91 Å². The Morgan fingerprint density at radius 3 is 2.90 bits per heavy atom. The molecule has 0 unspecified atom stereocenters. The monoisotopic (exact) mass is 410 g/mol. The first-order valence-electron chi connectivity index (χ1n) is 10.7. The van der Waals surface area contributed by atoms with Gasteiger partial charge in [-0.05, 0) is 43.9 Å². The van der Waals surface area contributed by atoms with Crippen LogP contribution in [0, 0.1) is 11.8 Å². The number of methoxy groups -OCH3 is 2. The number of ether oxygens (including phenoxy) is 3. The molecule has 7 heteroatoms. The van der Waals surface area contributed by atoms with Crippen LogP contribution in [0.15, 0.2) is 18.2 Å². The van der Waals surface area contributed by atoms with Gasteiger partial charge in [-0.15, -0.1) is 0 Å². The Bertz CT molecular complexity index is 1090. The maximum absolute atomic E-state index is 13.7. The highest BCUT2D eigenvalue weighted by Gasteiger charge is 2.66. The molecule has 7 nitrogen and oxygen atoms in total. The van der Waals surface area contributed by atoms with E-state index in [1.165, 1.54) is 7.11 Å². The lowest BCUT2D eigenvalue weighted by Crippen LogP contribution is -2.69. The van der Waals surface area contributed by atoms with Gasteiger partial charge in [-0.25, -0.2) is 0 Å². The third kappa shape index (κ3) is 2.02. The van der Waals surface area contributed by atoms with Crippen molar-refractivity contribution in [2.75, 3.05) is 27.5 Å². The van der Waals surface area contributed by atoms with Crippen LogP contribution in [0.2, 0.25) is 0 Å². The SMILES string of the molecule is COC(=O)[C@]12C[C@H]3C[C@H]4[C@H](C)OCN(CCc5c1n(c1cc(OC)ccc51)C3=O)[C@@H]42. The largest absolute Gasteiger partial charge is 0.497 e. The smallest absolute Gasteiger partial charge is 0.319 e. The van der Waals surface area contributed by atoms with Gasteiger partial charge in [-0.1, -0.05) is 0 Å². The summed E-state index contributed by atoms with van der Waals surface area (Å²) < 4.78 is 18.8. The van der Waals surface area contributed by atoms with Crippen LogP contribution in [0.4, 0.5) is 0 Å². The second kappa shape index (κ2) is 6.08. The Morgan fingerprint density at radius 1 is 1.30 bits per heavy atom. The number of benzene rings is 1. The van der Waals surface area contributed by atoms with Crippen molar-refractivity contribution < 1.29 is 23.8 Å². The summed E-state index contributed by atoms with van der Waals surface area (Å²) in [7, 11) is 3.09. The van der Waals surface area contributed by atoms with Crippen molar-refractivity contribution >= 4 is 22.8 Å². The molecule has 1 saturated heterocycles. The molecule has 5 atom stereocenters. The summed E-state index contributed by atoms with van der Waals surface area (Å²) in [5.74, 6) is 0.456. The van der Waals surface area contributed by atoms with E-state index in [0.717, 1.165) is 41.5 Å². The Balaban J connectivity index is 1.74. The van der Waals surface area contributed by atoms with Crippen LogP contribution in [-0.2, 0) is 26.1 Å². The molecule has 3 aliphatic heterocycles. The molecule has 0 spiro atoms. The number of hydrogen-bond donors (Lipinski definition) is 0. The fraction of sp³-hybridized carbons (Fsp3) is 0.565. The summed E-state index contributed by atoms with van der Waals surface area (Å²) in [4.78, 5) is 29.7. The van der Waals surface area contributed by atoms with Crippen molar-refractivity contribution in [2.45, 2.75) is 43.7 Å². The maximum Gasteiger partial charge on any atom is 0.319 e. The molecule has 6 rings (SSSR count). The number of aromatic nitrogens is 1. The molecule has 0 radical (unpaired) electrons. The number of carbonyl (C=O) groups is 2. The fourth-order valence-corrected chi connectivity index (χ4v) is 6.83. The number of fused-ring (bicyclic) bond motifs is 4. The Morgan fingerprint density at radius 2 is 2.13 bits per heavy atom. The van der Waals surface area contributed by atoms with E-state index in [9.17, 15) is 9.59 Å². The molecule has 1 aromatic carbocycles. The zero-order valence-electron chi connectivity index (χ0n) is 17.5. The summed E-state index contributed by atoms with van der Waals surface area (Å²) in [6.07, 6.45) is 2.02. The van der Waals surface area contributed by atoms with E-state index in [0.29, 0.717) is 18.9 Å². The van der Waals surface area contributed by atoms with E-state index >= 15 is 0 Å². The molecule has 4 aliphatic rings. The molecule has 2 bridgehead atoms. The molecular weight excluding hydrogens is 384 g/mol. The van der Waals surface area contributed by atoms with Crippen molar-refractivity contribution in [3.05, 3.63) is 29.5 Å². The van der Waals surface area contributed by atoms with Gasteiger partial charge in [0.25, 0.3) is 0 Å². The van der Waals surface area contributed by atoms with E-state index in [4.69, 9.17) is 14.2 Å². The minimum Gasteiger partial charge on any atom is -0.497 e. The molecular formula is C23H26N2O5. The zero-order chi connectivity index (χ0) is 20.8. The van der Waals surface area contributed by atoms with E-state index in [2.05, 4.69) is 11.8 Å². The van der Waals surface area contributed by atoms with Crippen LogP contribution in [0.25, 0.3) is 10.9 Å². The number of hydrogen-bond acceptors (Lipinski definition) is 6. The van der Waals surface area contributed by atoms with Crippen LogP contribution in [-0.4, -0.2) is 61.0 Å². The highest BCUT2D eigenvalue weighted by molar-refractivity contribution is 6.03. The third-order valence-electron chi connectivity index (χ3n) is 8.01. The quantitative estimate of drug-likeness (QED) is 0.708. The van der Waals surface area contributed by atoms with Gasteiger partial charge in [0.15, 0.2) is 0 Å². The summed E-state index contributed by atoms with van der Waals surface area (Å²) in [6, 6.07) is 5.86. The van der Waals surface area contributed by atoms with Crippen molar-refractivity contribution in [1.82, 2.24) is 9.47 Å². The van der Waals surface area contributed by atoms with Crippen LogP contribution in [0.5, 0.6) is 5.75 Å².